The predicted molar refractivity (Wildman–Crippen MR) is 129 cm³/mol. The number of carbonyl (C=O) groups excluding carboxylic acids is 1. The molecule has 0 bridgehead atoms. The van der Waals surface area contributed by atoms with Crippen LogP contribution < -0.4 is 28.4 Å². The number of hydrogen-bond donors (Lipinski definition) is 3. The molecule has 0 saturated carbocycles. The van der Waals surface area contributed by atoms with E-state index < -0.39 is 45.1 Å². The average molecular weight is 565 g/mol. The Balaban J connectivity index is 0.000000371. The lowest BCUT2D eigenvalue weighted by Gasteiger charge is -2.10. The van der Waals surface area contributed by atoms with Crippen molar-refractivity contribution in [2.45, 2.75) is 9.79 Å². The largest absolute Gasteiger partial charge is 0.493 e. The highest BCUT2D eigenvalue weighted by Gasteiger charge is 2.19. The maximum atomic E-state index is 11.9. The van der Waals surface area contributed by atoms with E-state index in [1.807, 2.05) is 4.72 Å². The van der Waals surface area contributed by atoms with E-state index in [4.69, 9.17) is 24.1 Å². The Labute approximate surface area is 214 Å². The average Bonchev–Trinajstić information content (AvgIpc) is 2.89. The minimum absolute atomic E-state index is 0.0333. The van der Waals surface area contributed by atoms with Crippen molar-refractivity contribution in [1.29, 1.82) is 0 Å². The minimum atomic E-state index is -3.88. The quantitative estimate of drug-likeness (QED) is 0.298. The number of sulfonamides is 2. The van der Waals surface area contributed by atoms with Crippen molar-refractivity contribution >= 4 is 32.0 Å². The van der Waals surface area contributed by atoms with Crippen LogP contribution in [0.1, 0.15) is 0 Å². The molecular formula is C21H28N2O12S2. The van der Waals surface area contributed by atoms with E-state index in [-0.39, 0.29) is 21.3 Å². The molecule has 0 unspecified atom stereocenters. The molecule has 14 nitrogen and oxygen atoms in total. The van der Waals surface area contributed by atoms with Gasteiger partial charge < -0.3 is 28.8 Å². The Morgan fingerprint density at radius 1 is 0.676 bits per heavy atom. The van der Waals surface area contributed by atoms with Gasteiger partial charge in [0.25, 0.3) is 0 Å². The molecule has 0 heterocycles. The van der Waals surface area contributed by atoms with Crippen LogP contribution in [-0.4, -0.2) is 82.5 Å². The van der Waals surface area contributed by atoms with Gasteiger partial charge in [-0.15, -0.1) is 0 Å². The highest BCUT2D eigenvalue weighted by molar-refractivity contribution is 7.89. The van der Waals surface area contributed by atoms with E-state index in [0.717, 1.165) is 0 Å². The van der Waals surface area contributed by atoms with E-state index in [9.17, 15) is 26.4 Å². The van der Waals surface area contributed by atoms with Gasteiger partial charge in [0.05, 0.1) is 45.3 Å². The number of carbonyl (C=O) groups is 2. The molecule has 0 saturated heterocycles. The van der Waals surface area contributed by atoms with Crippen molar-refractivity contribution < 1.29 is 55.2 Å². The molecule has 2 aromatic rings. The molecule has 0 atom stereocenters. The van der Waals surface area contributed by atoms with Gasteiger partial charge in [0, 0.05) is 12.1 Å². The maximum Gasteiger partial charge on any atom is 0.320 e. The number of methoxy groups -OCH3 is 5. The number of aliphatic carboxylic acids is 1. The fraction of sp³-hybridized carbons (Fsp3) is 0.333. The SMILES string of the molecule is COC(=O)CNS(=O)(=O)c1ccc(OC)c(OC)c1.COc1ccc(S(=O)(=O)NCC(=O)O)cc1OC. The van der Waals surface area contributed by atoms with Crippen LogP contribution in [0.2, 0.25) is 0 Å². The molecule has 37 heavy (non-hydrogen) atoms. The summed E-state index contributed by atoms with van der Waals surface area (Å²) in [6.07, 6.45) is 0. The Bertz CT molecular complexity index is 1290. The van der Waals surface area contributed by atoms with Gasteiger partial charge in [-0.2, -0.15) is 9.44 Å². The number of carboxylic acids is 1. The van der Waals surface area contributed by atoms with E-state index in [2.05, 4.69) is 9.46 Å². The number of esters is 1. The summed E-state index contributed by atoms with van der Waals surface area (Å²) in [7, 11) is -0.871. The van der Waals surface area contributed by atoms with Crippen LogP contribution in [0.3, 0.4) is 0 Å². The molecule has 0 fully saturated rings. The van der Waals surface area contributed by atoms with Gasteiger partial charge in [-0.05, 0) is 24.3 Å². The second-order valence-corrected chi connectivity index (χ2v) is 10.2. The summed E-state index contributed by atoms with van der Waals surface area (Å²) >= 11 is 0. The molecule has 2 aromatic carbocycles. The third kappa shape index (κ3) is 9.41. The molecule has 0 aliphatic heterocycles. The Kier molecular flexibility index (Phi) is 12.1. The lowest BCUT2D eigenvalue weighted by Crippen LogP contribution is -2.30. The molecule has 3 N–H and O–H groups in total. The first kappa shape index (κ1) is 31.4. The van der Waals surface area contributed by atoms with Crippen LogP contribution in [0, 0.1) is 0 Å². The predicted octanol–water partition coefficient (Wildman–Crippen LogP) is 0.222. The number of hydrogen-bond acceptors (Lipinski definition) is 11. The molecule has 0 radical (unpaired) electrons. The second kappa shape index (κ2) is 14.2. The summed E-state index contributed by atoms with van der Waals surface area (Å²) in [4.78, 5) is 21.1. The topological polar surface area (TPSA) is 193 Å². The van der Waals surface area contributed by atoms with Gasteiger partial charge >= 0.3 is 11.9 Å². The third-order valence-electron chi connectivity index (χ3n) is 4.38. The fourth-order valence-electron chi connectivity index (χ4n) is 2.52. The van der Waals surface area contributed by atoms with Crippen molar-refractivity contribution in [3.8, 4) is 23.0 Å². The zero-order valence-electron chi connectivity index (χ0n) is 20.6. The van der Waals surface area contributed by atoms with Crippen LogP contribution in [0.15, 0.2) is 46.2 Å². The van der Waals surface area contributed by atoms with Crippen molar-refractivity contribution in [2.24, 2.45) is 0 Å². The van der Waals surface area contributed by atoms with Crippen molar-refractivity contribution in [1.82, 2.24) is 9.44 Å². The van der Waals surface area contributed by atoms with Gasteiger partial charge in [0.15, 0.2) is 23.0 Å². The maximum absolute atomic E-state index is 11.9. The second-order valence-electron chi connectivity index (χ2n) is 6.65. The van der Waals surface area contributed by atoms with Crippen LogP contribution >= 0.6 is 0 Å². The molecule has 0 amide bonds. The molecule has 16 heteroatoms. The van der Waals surface area contributed by atoms with Crippen molar-refractivity contribution in [2.75, 3.05) is 48.6 Å². The first-order valence-corrected chi connectivity index (χ1v) is 13.0. The Hall–Kier alpha value is -3.60. The van der Waals surface area contributed by atoms with Gasteiger partial charge in [-0.25, -0.2) is 16.8 Å². The van der Waals surface area contributed by atoms with Gasteiger partial charge in [0.1, 0.15) is 13.1 Å². The van der Waals surface area contributed by atoms with Crippen LogP contribution in [0.5, 0.6) is 23.0 Å². The number of carboxylic acid groups (broad SMARTS) is 1. The first-order valence-electron chi connectivity index (χ1n) is 10.1. The van der Waals surface area contributed by atoms with Crippen molar-refractivity contribution in [3.05, 3.63) is 36.4 Å². The van der Waals surface area contributed by atoms with E-state index in [1.54, 1.807) is 0 Å². The third-order valence-corrected chi connectivity index (χ3v) is 7.18. The van der Waals surface area contributed by atoms with E-state index in [0.29, 0.717) is 11.5 Å². The summed E-state index contributed by atoms with van der Waals surface area (Å²) in [5.74, 6) is -0.619. The monoisotopic (exact) mass is 564 g/mol. The zero-order valence-corrected chi connectivity index (χ0v) is 22.3. The molecule has 2 rings (SSSR count). The van der Waals surface area contributed by atoms with Crippen LogP contribution in [-0.2, 0) is 34.4 Å². The molecule has 0 aliphatic rings. The normalized spacial score (nSPS) is 10.9. The lowest BCUT2D eigenvalue weighted by atomic mass is 10.3. The zero-order chi connectivity index (χ0) is 28.2. The summed E-state index contributed by atoms with van der Waals surface area (Å²) < 4.78 is 75.6. The number of rotatable bonds is 12. The number of ether oxygens (including phenoxy) is 5. The summed E-state index contributed by atoms with van der Waals surface area (Å²) in [6, 6.07) is 8.09. The molecule has 206 valence electrons. The lowest BCUT2D eigenvalue weighted by molar-refractivity contribution is -0.139. The van der Waals surface area contributed by atoms with Gasteiger partial charge in [-0.1, -0.05) is 0 Å². The molecule has 0 spiro atoms. The first-order chi connectivity index (χ1) is 17.3. The van der Waals surface area contributed by atoms with Crippen LogP contribution in [0.4, 0.5) is 0 Å². The van der Waals surface area contributed by atoms with E-state index in [1.165, 1.54) is 71.9 Å². The fourth-order valence-corrected chi connectivity index (χ4v) is 4.49. The van der Waals surface area contributed by atoms with Gasteiger partial charge in [0.2, 0.25) is 20.0 Å². The van der Waals surface area contributed by atoms with E-state index >= 15 is 0 Å². The summed E-state index contributed by atoms with van der Waals surface area (Å²) in [5, 5.41) is 8.44. The summed E-state index contributed by atoms with van der Waals surface area (Å²) in [5.41, 5.74) is 0. The number of nitrogens with one attached hydrogen (secondary N) is 2. The van der Waals surface area contributed by atoms with Crippen molar-refractivity contribution in [3.63, 3.8) is 0 Å². The number of benzene rings is 2. The molecular weight excluding hydrogens is 536 g/mol. The molecule has 0 aromatic heterocycles. The molecule has 0 aliphatic carbocycles. The Morgan fingerprint density at radius 2 is 1.05 bits per heavy atom. The van der Waals surface area contributed by atoms with Gasteiger partial charge in [-0.3, -0.25) is 9.59 Å². The standard InChI is InChI=1S/C11H15NO6S.C10H13NO6S/c1-16-9-5-4-8(6-10(9)17-2)19(14,15)12-7-11(13)18-3;1-16-8-4-3-7(5-9(8)17-2)18(14,15)11-6-10(12)13/h4-6,12H,7H2,1-3H3;3-5,11H,6H2,1-2H3,(H,12,13). The highest BCUT2D eigenvalue weighted by atomic mass is 32.2. The minimum Gasteiger partial charge on any atom is -0.493 e. The Morgan fingerprint density at radius 3 is 1.38 bits per heavy atom. The smallest absolute Gasteiger partial charge is 0.320 e. The summed E-state index contributed by atoms with van der Waals surface area (Å²) in [6.45, 7) is -1.12. The van der Waals surface area contributed by atoms with Crippen LogP contribution in [0.25, 0.3) is 0 Å². The highest BCUT2D eigenvalue weighted by Crippen LogP contribution is 2.30.